The predicted molar refractivity (Wildman–Crippen MR) is 118 cm³/mol. The summed E-state index contributed by atoms with van der Waals surface area (Å²) in [7, 11) is 0. The summed E-state index contributed by atoms with van der Waals surface area (Å²) < 4.78 is 41.5. The zero-order chi connectivity index (χ0) is 24.3. The Kier molecular flexibility index (Phi) is 6.19. The zero-order valence-electron chi connectivity index (χ0n) is 16.9. The van der Waals surface area contributed by atoms with Gasteiger partial charge in [-0.15, -0.1) is 11.3 Å². The van der Waals surface area contributed by atoms with Gasteiger partial charge in [0.1, 0.15) is 5.69 Å². The van der Waals surface area contributed by atoms with Crippen LogP contribution in [0.4, 0.5) is 18.9 Å². The lowest BCUT2D eigenvalue weighted by atomic mass is 10.1. The summed E-state index contributed by atoms with van der Waals surface area (Å²) in [6.45, 7) is 0. The summed E-state index contributed by atoms with van der Waals surface area (Å²) in [5.74, 6) is -0.804. The number of alkyl halides is 3. The second-order valence-electron chi connectivity index (χ2n) is 6.72. The molecule has 0 saturated heterocycles. The van der Waals surface area contributed by atoms with Gasteiger partial charge in [0.2, 0.25) is 5.13 Å². The number of nitrogens with one attached hydrogen (secondary N) is 1. The zero-order valence-corrected chi connectivity index (χ0v) is 17.7. The molecule has 0 spiro atoms. The molecule has 1 N–H and O–H groups in total. The summed E-state index contributed by atoms with van der Waals surface area (Å²) >= 11 is 0.793. The Morgan fingerprint density at radius 1 is 1.15 bits per heavy atom. The maximum Gasteiger partial charge on any atom is 0.433 e. The minimum atomic E-state index is -4.71. The van der Waals surface area contributed by atoms with Crippen molar-refractivity contribution >= 4 is 29.1 Å². The van der Waals surface area contributed by atoms with Crippen LogP contribution in [0.25, 0.3) is 16.4 Å². The summed E-state index contributed by atoms with van der Waals surface area (Å²) in [5.41, 5.74) is 1.47. The fraction of sp³-hybridized carbons (Fsp3) is 0.0476. The molecular formula is C21H13F3N6O3S. The average Bonchev–Trinajstić information content (AvgIpc) is 3.47. The highest BCUT2D eigenvalue weighted by atomic mass is 32.1. The summed E-state index contributed by atoms with van der Waals surface area (Å²) in [4.78, 5) is 26.7. The molecule has 0 atom stereocenters. The average molecular weight is 486 g/mol. The second-order valence-corrected chi connectivity index (χ2v) is 7.56. The van der Waals surface area contributed by atoms with Crippen LogP contribution in [0.15, 0.2) is 71.1 Å². The first-order valence-electron chi connectivity index (χ1n) is 9.49. The van der Waals surface area contributed by atoms with Gasteiger partial charge < -0.3 is 0 Å². The number of nitro benzene ring substituents is 1. The van der Waals surface area contributed by atoms with Crippen LogP contribution in [0.5, 0.6) is 0 Å². The number of nitro groups is 1. The quantitative estimate of drug-likeness (QED) is 0.241. The molecule has 13 heteroatoms. The van der Waals surface area contributed by atoms with Gasteiger partial charge in [-0.3, -0.25) is 14.9 Å². The first-order chi connectivity index (χ1) is 16.2. The van der Waals surface area contributed by atoms with E-state index in [-0.39, 0.29) is 27.8 Å². The molecule has 172 valence electrons. The SMILES string of the molecule is O=C(N/N=C\c1ccccc1[N+](=O)[O-])c1csc(-n2nc(-c3ccccc3)cc2C(F)(F)F)n1. The monoisotopic (exact) mass is 486 g/mol. The van der Waals surface area contributed by atoms with Crippen LogP contribution in [0.3, 0.4) is 0 Å². The van der Waals surface area contributed by atoms with Crippen molar-refractivity contribution in [1.82, 2.24) is 20.2 Å². The van der Waals surface area contributed by atoms with Gasteiger partial charge in [-0.25, -0.2) is 15.1 Å². The van der Waals surface area contributed by atoms with Gasteiger partial charge in [-0.1, -0.05) is 42.5 Å². The fourth-order valence-corrected chi connectivity index (χ4v) is 3.69. The second kappa shape index (κ2) is 9.23. The van der Waals surface area contributed by atoms with E-state index in [9.17, 15) is 28.1 Å². The van der Waals surface area contributed by atoms with E-state index < -0.39 is 22.7 Å². The van der Waals surface area contributed by atoms with Crippen molar-refractivity contribution < 1.29 is 22.9 Å². The number of para-hydroxylation sites is 1. The van der Waals surface area contributed by atoms with Gasteiger partial charge in [0.25, 0.3) is 11.6 Å². The van der Waals surface area contributed by atoms with E-state index >= 15 is 0 Å². The minimum Gasteiger partial charge on any atom is -0.266 e. The molecule has 4 aromatic rings. The Morgan fingerprint density at radius 2 is 1.85 bits per heavy atom. The van der Waals surface area contributed by atoms with Crippen LogP contribution in [-0.4, -0.2) is 31.8 Å². The van der Waals surface area contributed by atoms with Gasteiger partial charge in [0.05, 0.1) is 22.4 Å². The third kappa shape index (κ3) is 4.83. The summed E-state index contributed by atoms with van der Waals surface area (Å²) in [6.07, 6.45) is -3.62. The maximum absolute atomic E-state index is 13.6. The maximum atomic E-state index is 13.6. The molecule has 4 rings (SSSR count). The van der Waals surface area contributed by atoms with Gasteiger partial charge in [-0.05, 0) is 12.1 Å². The molecule has 0 radical (unpaired) electrons. The van der Waals surface area contributed by atoms with Crippen LogP contribution in [0.1, 0.15) is 21.7 Å². The molecule has 0 unspecified atom stereocenters. The molecule has 0 aliphatic carbocycles. The highest BCUT2D eigenvalue weighted by molar-refractivity contribution is 7.12. The third-order valence-corrected chi connectivity index (χ3v) is 5.29. The lowest BCUT2D eigenvalue weighted by Crippen LogP contribution is -2.18. The Bertz CT molecular complexity index is 1380. The van der Waals surface area contributed by atoms with E-state index in [4.69, 9.17) is 0 Å². The van der Waals surface area contributed by atoms with Crippen LogP contribution in [0.2, 0.25) is 0 Å². The lowest BCUT2D eigenvalue weighted by Gasteiger charge is -2.06. The van der Waals surface area contributed by atoms with E-state index in [1.54, 1.807) is 36.4 Å². The van der Waals surface area contributed by atoms with E-state index in [1.807, 2.05) is 0 Å². The van der Waals surface area contributed by atoms with Crippen LogP contribution < -0.4 is 5.43 Å². The number of aromatic nitrogens is 3. The predicted octanol–water partition coefficient (Wildman–Crippen LogP) is 4.69. The number of carbonyl (C=O) groups is 1. The van der Waals surface area contributed by atoms with Crippen molar-refractivity contribution in [3.05, 3.63) is 93.1 Å². The van der Waals surface area contributed by atoms with E-state index in [2.05, 4.69) is 20.6 Å². The highest BCUT2D eigenvalue weighted by Crippen LogP contribution is 2.34. The molecule has 1 amide bonds. The van der Waals surface area contributed by atoms with Crippen molar-refractivity contribution in [2.75, 3.05) is 0 Å². The molecular weight excluding hydrogens is 473 g/mol. The Hall–Kier alpha value is -4.39. The molecule has 2 aromatic carbocycles. The number of rotatable bonds is 6. The van der Waals surface area contributed by atoms with Crippen LogP contribution in [-0.2, 0) is 6.18 Å². The first kappa shape index (κ1) is 22.8. The largest absolute Gasteiger partial charge is 0.433 e. The number of halogens is 3. The molecule has 0 saturated carbocycles. The number of carbonyl (C=O) groups excluding carboxylic acids is 1. The number of thiazole rings is 1. The fourth-order valence-electron chi connectivity index (χ4n) is 2.93. The van der Waals surface area contributed by atoms with Crippen LogP contribution in [0, 0.1) is 10.1 Å². The highest BCUT2D eigenvalue weighted by Gasteiger charge is 2.37. The summed E-state index contributed by atoms with van der Waals surface area (Å²) in [5, 5.41) is 19.8. The van der Waals surface area contributed by atoms with Gasteiger partial charge >= 0.3 is 6.18 Å². The Balaban J connectivity index is 1.57. The van der Waals surface area contributed by atoms with E-state index in [1.165, 1.54) is 23.6 Å². The molecule has 9 nitrogen and oxygen atoms in total. The normalized spacial score (nSPS) is 11.6. The number of nitrogens with zero attached hydrogens (tertiary/aromatic N) is 5. The minimum absolute atomic E-state index is 0.100. The number of amides is 1. The van der Waals surface area contributed by atoms with Crippen molar-refractivity contribution in [1.29, 1.82) is 0 Å². The number of benzene rings is 2. The van der Waals surface area contributed by atoms with Gasteiger partial charge in [-0.2, -0.15) is 23.4 Å². The molecule has 0 aliphatic heterocycles. The molecule has 0 fully saturated rings. The summed E-state index contributed by atoms with van der Waals surface area (Å²) in [6, 6.07) is 15.0. The van der Waals surface area contributed by atoms with E-state index in [0.29, 0.717) is 10.2 Å². The number of hydrogen-bond acceptors (Lipinski definition) is 7. The van der Waals surface area contributed by atoms with Crippen LogP contribution >= 0.6 is 11.3 Å². The molecule has 0 bridgehead atoms. The van der Waals surface area contributed by atoms with Crippen molar-refractivity contribution in [3.63, 3.8) is 0 Å². The van der Waals surface area contributed by atoms with Crippen molar-refractivity contribution in [2.45, 2.75) is 6.18 Å². The van der Waals surface area contributed by atoms with E-state index in [0.717, 1.165) is 23.6 Å². The lowest BCUT2D eigenvalue weighted by molar-refractivity contribution is -0.385. The Morgan fingerprint density at radius 3 is 2.56 bits per heavy atom. The smallest absolute Gasteiger partial charge is 0.266 e. The van der Waals surface area contributed by atoms with Crippen molar-refractivity contribution in [3.8, 4) is 16.4 Å². The molecule has 34 heavy (non-hydrogen) atoms. The topological polar surface area (TPSA) is 115 Å². The van der Waals surface area contributed by atoms with Gasteiger partial charge in [0.15, 0.2) is 5.69 Å². The molecule has 2 heterocycles. The van der Waals surface area contributed by atoms with Gasteiger partial charge in [0, 0.05) is 17.0 Å². The number of hydrogen-bond donors (Lipinski definition) is 1. The third-order valence-electron chi connectivity index (χ3n) is 4.48. The Labute approximate surface area is 193 Å². The standard InChI is InChI=1S/C21H13F3N6O3S/c22-21(23,24)18-10-15(13-6-2-1-3-7-13)28-29(18)20-26-16(12-34-20)19(31)27-25-11-14-8-4-5-9-17(14)30(32)33/h1-12H,(H,27,31)/b25-11-. The first-order valence-corrected chi connectivity index (χ1v) is 10.4. The molecule has 0 aliphatic rings. The molecule has 2 aromatic heterocycles. The number of hydrazone groups is 1. The van der Waals surface area contributed by atoms with Crippen molar-refractivity contribution in [2.24, 2.45) is 5.10 Å².